The van der Waals surface area contributed by atoms with Gasteiger partial charge >= 0.3 is 0 Å². The summed E-state index contributed by atoms with van der Waals surface area (Å²) in [5.74, 6) is 6.14. The molecule has 76 valence electrons. The van der Waals surface area contributed by atoms with Crippen molar-refractivity contribution in [2.75, 3.05) is 7.11 Å². The molecule has 1 heterocycles. The van der Waals surface area contributed by atoms with Gasteiger partial charge in [-0.05, 0) is 18.1 Å². The minimum atomic E-state index is 0.0371. The Morgan fingerprint density at radius 3 is 3.07 bits per heavy atom. The highest BCUT2D eigenvalue weighted by molar-refractivity contribution is 5.26. The predicted molar refractivity (Wildman–Crippen MR) is 55.7 cm³/mol. The van der Waals surface area contributed by atoms with E-state index in [-0.39, 0.29) is 6.04 Å². The van der Waals surface area contributed by atoms with Crippen molar-refractivity contribution in [1.82, 2.24) is 10.4 Å². The minimum Gasteiger partial charge on any atom is -0.495 e. The average Bonchev–Trinajstić information content (AvgIpc) is 2.26. The molecule has 0 bridgehead atoms. The number of nitrogens with two attached hydrogens (primary N) is 1. The van der Waals surface area contributed by atoms with Crippen LogP contribution in [0.2, 0.25) is 0 Å². The molecule has 1 aromatic rings. The van der Waals surface area contributed by atoms with Crippen LogP contribution < -0.4 is 16.0 Å². The molecule has 0 aliphatic rings. The molecule has 0 fully saturated rings. The second kappa shape index (κ2) is 5.36. The van der Waals surface area contributed by atoms with E-state index in [1.807, 2.05) is 12.1 Å². The highest BCUT2D eigenvalue weighted by Gasteiger charge is 2.08. The third-order valence-electron chi connectivity index (χ3n) is 1.98. The Hall–Kier alpha value is -1.39. The first-order valence-electron chi connectivity index (χ1n) is 4.37. The van der Waals surface area contributed by atoms with E-state index < -0.39 is 0 Å². The Morgan fingerprint density at radius 2 is 2.50 bits per heavy atom. The van der Waals surface area contributed by atoms with Gasteiger partial charge in [0, 0.05) is 6.20 Å². The van der Waals surface area contributed by atoms with Crippen LogP contribution in [-0.2, 0) is 0 Å². The van der Waals surface area contributed by atoms with Gasteiger partial charge in [-0.2, -0.15) is 0 Å². The van der Waals surface area contributed by atoms with Gasteiger partial charge in [-0.1, -0.05) is 6.08 Å². The quantitative estimate of drug-likeness (QED) is 0.418. The summed E-state index contributed by atoms with van der Waals surface area (Å²) in [4.78, 5) is 4.05. The summed E-state index contributed by atoms with van der Waals surface area (Å²) in [7, 11) is 1.61. The molecule has 14 heavy (non-hydrogen) atoms. The van der Waals surface area contributed by atoms with Crippen LogP contribution in [0.25, 0.3) is 0 Å². The van der Waals surface area contributed by atoms with Crippen molar-refractivity contribution >= 4 is 0 Å². The number of nitrogens with zero attached hydrogens (tertiary/aromatic N) is 1. The van der Waals surface area contributed by atoms with E-state index in [0.29, 0.717) is 0 Å². The summed E-state index contributed by atoms with van der Waals surface area (Å²) in [6.45, 7) is 3.67. The van der Waals surface area contributed by atoms with Crippen LogP contribution in [0.15, 0.2) is 31.1 Å². The normalized spacial score (nSPS) is 12.1. The van der Waals surface area contributed by atoms with Crippen LogP contribution in [0.1, 0.15) is 18.0 Å². The first kappa shape index (κ1) is 10.7. The second-order valence-corrected chi connectivity index (χ2v) is 2.90. The van der Waals surface area contributed by atoms with Gasteiger partial charge in [-0.25, -0.2) is 0 Å². The van der Waals surface area contributed by atoms with Crippen LogP contribution in [-0.4, -0.2) is 12.1 Å². The molecule has 0 radical (unpaired) electrons. The monoisotopic (exact) mass is 193 g/mol. The van der Waals surface area contributed by atoms with Gasteiger partial charge in [0.1, 0.15) is 5.75 Å². The van der Waals surface area contributed by atoms with Crippen molar-refractivity contribution in [2.24, 2.45) is 5.84 Å². The fourth-order valence-electron chi connectivity index (χ4n) is 1.20. The molecule has 0 amide bonds. The maximum atomic E-state index is 5.42. The number of methoxy groups -OCH3 is 1. The second-order valence-electron chi connectivity index (χ2n) is 2.90. The topological polar surface area (TPSA) is 60.2 Å². The third-order valence-corrected chi connectivity index (χ3v) is 1.98. The summed E-state index contributed by atoms with van der Waals surface area (Å²) >= 11 is 0. The molecule has 0 saturated heterocycles. The van der Waals surface area contributed by atoms with Crippen LogP contribution >= 0.6 is 0 Å². The van der Waals surface area contributed by atoms with E-state index in [4.69, 9.17) is 10.6 Å². The zero-order valence-corrected chi connectivity index (χ0v) is 8.23. The summed E-state index contributed by atoms with van der Waals surface area (Å²) in [5, 5.41) is 0. The SMILES string of the molecule is C=CCC(NN)c1cncc(OC)c1. The smallest absolute Gasteiger partial charge is 0.137 e. The van der Waals surface area contributed by atoms with Gasteiger partial charge in [0.2, 0.25) is 0 Å². The molecule has 1 unspecified atom stereocenters. The Bertz CT molecular complexity index is 301. The Labute approximate surface area is 83.8 Å². The molecule has 4 nitrogen and oxygen atoms in total. The van der Waals surface area contributed by atoms with E-state index >= 15 is 0 Å². The van der Waals surface area contributed by atoms with E-state index in [1.54, 1.807) is 19.5 Å². The summed E-state index contributed by atoms with van der Waals surface area (Å²) in [5.41, 5.74) is 3.70. The molecule has 1 atom stereocenters. The standard InChI is InChI=1S/C10H15N3O/c1-3-4-10(13-11)8-5-9(14-2)7-12-6-8/h3,5-7,10,13H,1,4,11H2,2H3. The number of hydrogen-bond acceptors (Lipinski definition) is 4. The van der Waals surface area contributed by atoms with Crippen LogP contribution in [0.4, 0.5) is 0 Å². The molecule has 4 heteroatoms. The van der Waals surface area contributed by atoms with Crippen molar-refractivity contribution in [3.05, 3.63) is 36.7 Å². The molecular formula is C10H15N3O. The molecule has 0 aliphatic carbocycles. The highest BCUT2D eigenvalue weighted by atomic mass is 16.5. The van der Waals surface area contributed by atoms with E-state index in [1.165, 1.54) is 0 Å². The van der Waals surface area contributed by atoms with E-state index in [9.17, 15) is 0 Å². The van der Waals surface area contributed by atoms with Crippen LogP contribution in [0.3, 0.4) is 0 Å². The number of nitrogens with one attached hydrogen (secondary N) is 1. The van der Waals surface area contributed by atoms with Crippen molar-refractivity contribution in [1.29, 1.82) is 0 Å². The number of hydrazine groups is 1. The highest BCUT2D eigenvalue weighted by Crippen LogP contribution is 2.19. The van der Waals surface area contributed by atoms with E-state index in [2.05, 4.69) is 17.0 Å². The van der Waals surface area contributed by atoms with Crippen molar-refractivity contribution in [3.63, 3.8) is 0 Å². The number of aromatic nitrogens is 1. The molecule has 0 aliphatic heterocycles. The minimum absolute atomic E-state index is 0.0371. The molecule has 1 rings (SSSR count). The summed E-state index contributed by atoms with van der Waals surface area (Å²) in [6.07, 6.45) is 5.98. The maximum Gasteiger partial charge on any atom is 0.137 e. The first-order valence-corrected chi connectivity index (χ1v) is 4.37. The lowest BCUT2D eigenvalue weighted by molar-refractivity contribution is 0.411. The van der Waals surface area contributed by atoms with Crippen molar-refractivity contribution in [3.8, 4) is 5.75 Å². The molecule has 3 N–H and O–H groups in total. The number of hydrogen-bond donors (Lipinski definition) is 2. The molecule has 0 spiro atoms. The number of pyridine rings is 1. The van der Waals surface area contributed by atoms with E-state index in [0.717, 1.165) is 17.7 Å². The maximum absolute atomic E-state index is 5.42. The first-order chi connectivity index (χ1) is 6.81. The van der Waals surface area contributed by atoms with Gasteiger partial charge in [-0.3, -0.25) is 16.3 Å². The summed E-state index contributed by atoms with van der Waals surface area (Å²) < 4.78 is 5.07. The van der Waals surface area contributed by atoms with Gasteiger partial charge < -0.3 is 4.74 Å². The van der Waals surface area contributed by atoms with Gasteiger partial charge in [-0.15, -0.1) is 6.58 Å². The molecule has 0 aromatic carbocycles. The van der Waals surface area contributed by atoms with Crippen LogP contribution in [0, 0.1) is 0 Å². The zero-order chi connectivity index (χ0) is 10.4. The predicted octanol–water partition coefficient (Wildman–Crippen LogP) is 1.17. The Balaban J connectivity index is 2.85. The summed E-state index contributed by atoms with van der Waals surface area (Å²) in [6, 6.07) is 1.94. The number of ether oxygens (including phenoxy) is 1. The zero-order valence-electron chi connectivity index (χ0n) is 8.23. The van der Waals surface area contributed by atoms with Crippen molar-refractivity contribution in [2.45, 2.75) is 12.5 Å². The van der Waals surface area contributed by atoms with Crippen LogP contribution in [0.5, 0.6) is 5.75 Å². The fraction of sp³-hybridized carbons (Fsp3) is 0.300. The molecular weight excluding hydrogens is 178 g/mol. The van der Waals surface area contributed by atoms with Gasteiger partial charge in [0.15, 0.2) is 0 Å². The fourth-order valence-corrected chi connectivity index (χ4v) is 1.20. The van der Waals surface area contributed by atoms with Gasteiger partial charge in [0.25, 0.3) is 0 Å². The molecule has 1 aromatic heterocycles. The van der Waals surface area contributed by atoms with Gasteiger partial charge in [0.05, 0.1) is 19.3 Å². The third kappa shape index (κ3) is 2.55. The lowest BCUT2D eigenvalue weighted by Crippen LogP contribution is -2.27. The van der Waals surface area contributed by atoms with Crippen molar-refractivity contribution < 1.29 is 4.74 Å². The average molecular weight is 193 g/mol. The lowest BCUT2D eigenvalue weighted by Gasteiger charge is -2.14. The lowest BCUT2D eigenvalue weighted by atomic mass is 10.1. The Kier molecular flexibility index (Phi) is 4.10. The Morgan fingerprint density at radius 1 is 1.71 bits per heavy atom. The largest absolute Gasteiger partial charge is 0.495 e. The number of rotatable bonds is 5. The molecule has 0 saturated carbocycles.